The summed E-state index contributed by atoms with van der Waals surface area (Å²) in [4.78, 5) is 14.7. The average Bonchev–Trinajstić information content (AvgIpc) is 3.16. The van der Waals surface area contributed by atoms with E-state index in [1.54, 1.807) is 12.4 Å². The van der Waals surface area contributed by atoms with Crippen molar-refractivity contribution >= 4 is 27.5 Å². The molecule has 1 fully saturated rings. The minimum atomic E-state index is -3.54. The lowest BCUT2D eigenvalue weighted by molar-refractivity contribution is -0.136. The van der Waals surface area contributed by atoms with Crippen LogP contribution in [0.25, 0.3) is 0 Å². The van der Waals surface area contributed by atoms with E-state index in [0.717, 1.165) is 12.8 Å². The number of carboxylic acid groups (broad SMARTS) is 1. The molecule has 1 atom stereocenters. The molecule has 118 valence electrons. The first-order valence-electron chi connectivity index (χ1n) is 6.67. The third-order valence-electron chi connectivity index (χ3n) is 3.59. The second-order valence-electron chi connectivity index (χ2n) is 5.22. The van der Waals surface area contributed by atoms with Gasteiger partial charge in [0.2, 0.25) is 0 Å². The molecule has 1 aliphatic carbocycles. The van der Waals surface area contributed by atoms with Crippen molar-refractivity contribution in [3.8, 4) is 0 Å². The fourth-order valence-corrected chi connectivity index (χ4v) is 3.97. The molecule has 21 heavy (non-hydrogen) atoms. The van der Waals surface area contributed by atoms with Crippen molar-refractivity contribution in [2.45, 2.75) is 38.8 Å². The number of nitrogens with zero attached hydrogens (tertiary/aromatic N) is 2. The summed E-state index contributed by atoms with van der Waals surface area (Å²) in [5.41, 5.74) is 0.446. The zero-order valence-corrected chi connectivity index (χ0v) is 13.6. The molecule has 2 N–H and O–H groups in total. The molecular weight excluding hydrogens is 314 g/mol. The summed E-state index contributed by atoms with van der Waals surface area (Å²) in [5, 5.41) is 10.9. The predicted molar refractivity (Wildman–Crippen MR) is 79.2 cm³/mol. The van der Waals surface area contributed by atoms with Crippen LogP contribution in [0, 0.1) is 5.92 Å². The molecule has 2 rings (SSSR count). The van der Waals surface area contributed by atoms with Crippen LogP contribution in [0.3, 0.4) is 0 Å². The van der Waals surface area contributed by atoms with Gasteiger partial charge in [-0.1, -0.05) is 0 Å². The van der Waals surface area contributed by atoms with Crippen LogP contribution in [-0.4, -0.2) is 41.9 Å². The van der Waals surface area contributed by atoms with Crippen molar-refractivity contribution in [3.05, 3.63) is 16.1 Å². The third-order valence-corrected chi connectivity index (χ3v) is 6.09. The van der Waals surface area contributed by atoms with Gasteiger partial charge in [0.15, 0.2) is 0 Å². The molecule has 1 unspecified atom stereocenters. The van der Waals surface area contributed by atoms with Crippen LogP contribution in [0.1, 0.15) is 30.5 Å². The number of aromatic nitrogens is 1. The van der Waals surface area contributed by atoms with E-state index < -0.39 is 16.2 Å². The zero-order valence-electron chi connectivity index (χ0n) is 11.9. The van der Waals surface area contributed by atoms with Crippen molar-refractivity contribution in [2.24, 2.45) is 5.92 Å². The van der Waals surface area contributed by atoms with Crippen molar-refractivity contribution in [1.29, 1.82) is 0 Å². The lowest BCUT2D eigenvalue weighted by atomic mass is 10.2. The summed E-state index contributed by atoms with van der Waals surface area (Å²) in [7, 11) is -1.97. The maximum absolute atomic E-state index is 12.2. The number of hydrogen-bond donors (Lipinski definition) is 2. The molecule has 7 nitrogen and oxygen atoms in total. The quantitative estimate of drug-likeness (QED) is 0.734. The Morgan fingerprint density at radius 1 is 1.62 bits per heavy atom. The van der Waals surface area contributed by atoms with Gasteiger partial charge in [-0.3, -0.25) is 4.79 Å². The second-order valence-corrected chi connectivity index (χ2v) is 7.98. The van der Waals surface area contributed by atoms with Crippen LogP contribution >= 0.6 is 11.3 Å². The van der Waals surface area contributed by atoms with Crippen LogP contribution in [0.15, 0.2) is 5.38 Å². The monoisotopic (exact) mass is 333 g/mol. The van der Waals surface area contributed by atoms with E-state index in [4.69, 9.17) is 5.11 Å². The maximum atomic E-state index is 12.2. The van der Waals surface area contributed by atoms with E-state index in [2.05, 4.69) is 9.71 Å². The van der Waals surface area contributed by atoms with E-state index in [9.17, 15) is 13.2 Å². The Hall–Kier alpha value is -1.03. The van der Waals surface area contributed by atoms with Gasteiger partial charge in [-0.2, -0.15) is 17.4 Å². The highest BCUT2D eigenvalue weighted by molar-refractivity contribution is 7.87. The number of hydrogen-bond acceptors (Lipinski definition) is 5. The van der Waals surface area contributed by atoms with Crippen molar-refractivity contribution in [3.63, 3.8) is 0 Å². The largest absolute Gasteiger partial charge is 0.481 e. The fraction of sp³-hybridized carbons (Fsp3) is 0.667. The Morgan fingerprint density at radius 2 is 2.29 bits per heavy atom. The molecule has 1 aromatic rings. The third kappa shape index (κ3) is 4.47. The highest BCUT2D eigenvalue weighted by Gasteiger charge is 2.35. The average molecular weight is 333 g/mol. The number of carbonyl (C=O) groups is 1. The summed E-state index contributed by atoms with van der Waals surface area (Å²) in [6.07, 6.45) is 2.00. The predicted octanol–water partition coefficient (Wildman–Crippen LogP) is 0.835. The number of thiazole rings is 1. The minimum Gasteiger partial charge on any atom is -0.481 e. The Bertz CT molecular complexity index is 610. The Balaban J connectivity index is 1.91. The number of carboxylic acids is 1. The van der Waals surface area contributed by atoms with Crippen LogP contribution in [0.2, 0.25) is 0 Å². The SMILES string of the molecule is CC(C1CC1)N(C)S(=O)(=O)NCc1nc(CC(=O)O)cs1. The molecule has 1 heterocycles. The van der Waals surface area contributed by atoms with Gasteiger partial charge in [0, 0.05) is 18.5 Å². The van der Waals surface area contributed by atoms with Gasteiger partial charge in [-0.05, 0) is 25.7 Å². The van der Waals surface area contributed by atoms with Crippen LogP contribution in [0.4, 0.5) is 0 Å². The highest BCUT2D eigenvalue weighted by Crippen LogP contribution is 2.35. The van der Waals surface area contributed by atoms with Gasteiger partial charge in [0.05, 0.1) is 18.7 Å². The molecular formula is C12H19N3O4S2. The molecule has 0 spiro atoms. The maximum Gasteiger partial charge on any atom is 0.309 e. The first-order chi connectivity index (χ1) is 9.79. The van der Waals surface area contributed by atoms with Gasteiger partial charge < -0.3 is 5.11 Å². The van der Waals surface area contributed by atoms with E-state index in [0.29, 0.717) is 16.6 Å². The molecule has 0 radical (unpaired) electrons. The topological polar surface area (TPSA) is 99.6 Å². The molecule has 0 bridgehead atoms. The van der Waals surface area contributed by atoms with Crippen LogP contribution in [0.5, 0.6) is 0 Å². The smallest absolute Gasteiger partial charge is 0.309 e. The second kappa shape index (κ2) is 6.39. The summed E-state index contributed by atoms with van der Waals surface area (Å²) in [6.45, 7) is 1.99. The van der Waals surface area contributed by atoms with Gasteiger partial charge in [-0.15, -0.1) is 11.3 Å². The van der Waals surface area contributed by atoms with E-state index >= 15 is 0 Å². The minimum absolute atomic E-state index is 0.0126. The lowest BCUT2D eigenvalue weighted by Gasteiger charge is -2.24. The highest BCUT2D eigenvalue weighted by atomic mass is 32.2. The molecule has 1 aromatic heterocycles. The number of rotatable bonds is 8. The van der Waals surface area contributed by atoms with Crippen LogP contribution in [-0.2, 0) is 28.0 Å². The van der Waals surface area contributed by atoms with Crippen LogP contribution < -0.4 is 4.72 Å². The molecule has 9 heteroatoms. The van der Waals surface area contributed by atoms with Crippen molar-refractivity contribution < 1.29 is 18.3 Å². The van der Waals surface area contributed by atoms with Gasteiger partial charge in [0.25, 0.3) is 10.2 Å². The number of aliphatic carboxylic acids is 1. The Kier molecular flexibility index (Phi) is 4.97. The summed E-state index contributed by atoms with van der Waals surface area (Å²) in [5.74, 6) is -0.501. The van der Waals surface area contributed by atoms with E-state index in [1.807, 2.05) is 6.92 Å². The Labute approximate surface area is 128 Å². The molecule has 1 saturated carbocycles. The molecule has 0 saturated heterocycles. The lowest BCUT2D eigenvalue weighted by Crippen LogP contribution is -2.43. The first-order valence-corrected chi connectivity index (χ1v) is 8.99. The fourth-order valence-electron chi connectivity index (χ4n) is 2.02. The van der Waals surface area contributed by atoms with E-state index in [-0.39, 0.29) is 19.0 Å². The van der Waals surface area contributed by atoms with E-state index in [1.165, 1.54) is 15.6 Å². The molecule has 0 aromatic carbocycles. The van der Waals surface area contributed by atoms with Crippen molar-refractivity contribution in [2.75, 3.05) is 7.05 Å². The van der Waals surface area contributed by atoms with Crippen molar-refractivity contribution in [1.82, 2.24) is 14.0 Å². The first kappa shape index (κ1) is 16.3. The summed E-state index contributed by atoms with van der Waals surface area (Å²) < 4.78 is 28.2. The normalized spacial score (nSPS) is 17.1. The zero-order chi connectivity index (χ0) is 15.6. The molecule has 1 aliphatic rings. The Morgan fingerprint density at radius 3 is 2.86 bits per heavy atom. The summed E-state index contributed by atoms with van der Waals surface area (Å²) >= 11 is 1.25. The van der Waals surface area contributed by atoms with Gasteiger partial charge in [-0.25, -0.2) is 4.98 Å². The molecule has 0 amide bonds. The number of nitrogens with one attached hydrogen (secondary N) is 1. The standard InChI is InChI=1S/C12H19N3O4S2/c1-8(9-3-4-9)15(2)21(18,19)13-6-11-14-10(7-20-11)5-12(16)17/h7-9,13H,3-6H2,1-2H3,(H,16,17). The van der Waals surface area contributed by atoms with Gasteiger partial charge in [0.1, 0.15) is 5.01 Å². The molecule has 0 aliphatic heterocycles. The summed E-state index contributed by atoms with van der Waals surface area (Å²) in [6, 6.07) is -0.0126. The van der Waals surface area contributed by atoms with Gasteiger partial charge >= 0.3 is 5.97 Å².